The lowest BCUT2D eigenvalue weighted by molar-refractivity contribution is 1.18. The SMILES string of the molecule is c1ccc(-c2ccccc2N(c2ccc(-c3cc4ccc5ccccc5c4c4ccccc34)cc2)c2ccc3c(c2)c2ccccc2n3-c2ccccc2)cc1. The summed E-state index contributed by atoms with van der Waals surface area (Å²) >= 11 is 0. The number of hydrogen-bond acceptors (Lipinski definition) is 1. The fraction of sp³-hybridized carbons (Fsp3) is 0. The lowest BCUT2D eigenvalue weighted by Gasteiger charge is -2.28. The smallest absolute Gasteiger partial charge is 0.0542 e. The van der Waals surface area contributed by atoms with Crippen LogP contribution in [0.15, 0.2) is 218 Å². The molecule has 0 aliphatic carbocycles. The third-order valence-electron chi connectivity index (χ3n) is 11.3. The van der Waals surface area contributed by atoms with Crippen LogP contribution in [0.3, 0.4) is 0 Å². The van der Waals surface area contributed by atoms with Gasteiger partial charge in [-0.05, 0) is 110 Å². The molecule has 1 aromatic heterocycles. The fourth-order valence-corrected chi connectivity index (χ4v) is 8.82. The van der Waals surface area contributed by atoms with Crippen molar-refractivity contribution in [1.82, 2.24) is 4.57 Å². The summed E-state index contributed by atoms with van der Waals surface area (Å²) in [5.74, 6) is 0. The minimum absolute atomic E-state index is 1.10. The van der Waals surface area contributed by atoms with Gasteiger partial charge in [0.15, 0.2) is 0 Å². The van der Waals surface area contributed by atoms with Gasteiger partial charge in [-0.15, -0.1) is 0 Å². The molecule has 0 amide bonds. The molecule has 0 atom stereocenters. The van der Waals surface area contributed by atoms with Gasteiger partial charge in [0.05, 0.1) is 16.7 Å². The van der Waals surface area contributed by atoms with Gasteiger partial charge < -0.3 is 9.47 Å². The second kappa shape index (κ2) is 13.2. The molecule has 0 radical (unpaired) electrons. The molecule has 56 heavy (non-hydrogen) atoms. The molecule has 0 aliphatic rings. The summed E-state index contributed by atoms with van der Waals surface area (Å²) in [7, 11) is 0. The molecule has 0 saturated carbocycles. The number of benzene rings is 10. The molecule has 11 aromatic rings. The molecular weight excluding hydrogens is 677 g/mol. The summed E-state index contributed by atoms with van der Waals surface area (Å²) in [6, 6.07) is 79.4. The monoisotopic (exact) mass is 712 g/mol. The van der Waals surface area contributed by atoms with Crippen molar-refractivity contribution in [1.29, 1.82) is 0 Å². The largest absolute Gasteiger partial charge is 0.310 e. The van der Waals surface area contributed by atoms with E-state index in [0.29, 0.717) is 0 Å². The van der Waals surface area contributed by atoms with Crippen molar-refractivity contribution in [2.24, 2.45) is 0 Å². The van der Waals surface area contributed by atoms with Gasteiger partial charge in [-0.2, -0.15) is 0 Å². The molecule has 0 bridgehead atoms. The van der Waals surface area contributed by atoms with Crippen molar-refractivity contribution >= 4 is 71.2 Å². The predicted octanol–water partition coefficient (Wildman–Crippen LogP) is 15.0. The van der Waals surface area contributed by atoms with Crippen molar-refractivity contribution in [2.75, 3.05) is 4.90 Å². The first-order valence-corrected chi connectivity index (χ1v) is 19.3. The molecule has 2 nitrogen and oxygen atoms in total. The lowest BCUT2D eigenvalue weighted by atomic mass is 9.90. The molecule has 0 N–H and O–H groups in total. The Balaban J connectivity index is 1.11. The average Bonchev–Trinajstić information content (AvgIpc) is 3.61. The molecule has 11 rings (SSSR count). The van der Waals surface area contributed by atoms with Crippen LogP contribution >= 0.6 is 0 Å². The number of hydrogen-bond donors (Lipinski definition) is 0. The average molecular weight is 713 g/mol. The Bertz CT molecular complexity index is 3230. The van der Waals surface area contributed by atoms with Crippen LogP contribution in [0.2, 0.25) is 0 Å². The van der Waals surface area contributed by atoms with E-state index in [2.05, 4.69) is 228 Å². The summed E-state index contributed by atoms with van der Waals surface area (Å²) < 4.78 is 2.38. The van der Waals surface area contributed by atoms with Crippen molar-refractivity contribution in [3.05, 3.63) is 218 Å². The molecule has 0 unspecified atom stereocenters. The minimum atomic E-state index is 1.10. The van der Waals surface area contributed by atoms with Crippen LogP contribution in [0.1, 0.15) is 0 Å². The van der Waals surface area contributed by atoms with Crippen LogP contribution in [0.25, 0.3) is 82.1 Å². The zero-order chi connectivity index (χ0) is 37.0. The highest BCUT2D eigenvalue weighted by Crippen LogP contribution is 2.45. The summed E-state index contributed by atoms with van der Waals surface area (Å²) in [6.07, 6.45) is 0. The quantitative estimate of drug-likeness (QED) is 0.156. The van der Waals surface area contributed by atoms with Gasteiger partial charge >= 0.3 is 0 Å². The predicted molar refractivity (Wildman–Crippen MR) is 239 cm³/mol. The van der Waals surface area contributed by atoms with Gasteiger partial charge in [0.2, 0.25) is 0 Å². The number of aromatic nitrogens is 1. The number of anilines is 3. The Morgan fingerprint density at radius 2 is 0.911 bits per heavy atom. The molecular formula is C54H36N2. The number of para-hydroxylation sites is 3. The number of nitrogens with zero attached hydrogens (tertiary/aromatic N) is 2. The van der Waals surface area contributed by atoms with Crippen molar-refractivity contribution in [2.45, 2.75) is 0 Å². The van der Waals surface area contributed by atoms with E-state index in [1.54, 1.807) is 0 Å². The third-order valence-corrected chi connectivity index (χ3v) is 11.3. The maximum atomic E-state index is 2.42. The van der Waals surface area contributed by atoms with Gasteiger partial charge in [0.25, 0.3) is 0 Å². The van der Waals surface area contributed by atoms with Crippen molar-refractivity contribution in [3.63, 3.8) is 0 Å². The lowest BCUT2D eigenvalue weighted by Crippen LogP contribution is -2.11. The van der Waals surface area contributed by atoms with Crippen LogP contribution in [0.4, 0.5) is 17.1 Å². The van der Waals surface area contributed by atoms with Crippen LogP contribution in [0.5, 0.6) is 0 Å². The maximum Gasteiger partial charge on any atom is 0.0542 e. The zero-order valence-corrected chi connectivity index (χ0v) is 30.7. The second-order valence-corrected chi connectivity index (χ2v) is 14.5. The summed E-state index contributed by atoms with van der Waals surface area (Å²) in [6.45, 7) is 0. The summed E-state index contributed by atoms with van der Waals surface area (Å²) in [5.41, 5.74) is 11.7. The molecule has 0 fully saturated rings. The van der Waals surface area contributed by atoms with E-state index in [9.17, 15) is 0 Å². The summed E-state index contributed by atoms with van der Waals surface area (Å²) in [4.78, 5) is 2.42. The van der Waals surface area contributed by atoms with E-state index in [1.165, 1.54) is 76.4 Å². The van der Waals surface area contributed by atoms with Gasteiger partial charge in [0, 0.05) is 33.4 Å². The Labute approximate surface area is 325 Å². The molecule has 10 aromatic carbocycles. The highest BCUT2D eigenvalue weighted by Gasteiger charge is 2.20. The third kappa shape index (κ3) is 5.19. The highest BCUT2D eigenvalue weighted by atomic mass is 15.1. The molecule has 262 valence electrons. The zero-order valence-electron chi connectivity index (χ0n) is 30.7. The maximum absolute atomic E-state index is 2.42. The van der Waals surface area contributed by atoms with Crippen molar-refractivity contribution in [3.8, 4) is 27.9 Å². The topological polar surface area (TPSA) is 8.17 Å². The number of rotatable bonds is 6. The normalized spacial score (nSPS) is 11.6. The molecule has 1 heterocycles. The highest BCUT2D eigenvalue weighted by molar-refractivity contribution is 6.23. The van der Waals surface area contributed by atoms with Crippen LogP contribution < -0.4 is 4.90 Å². The first-order chi connectivity index (χ1) is 27.8. The van der Waals surface area contributed by atoms with E-state index < -0.39 is 0 Å². The van der Waals surface area contributed by atoms with Gasteiger partial charge in [-0.1, -0.05) is 158 Å². The van der Waals surface area contributed by atoms with Gasteiger partial charge in [-0.25, -0.2) is 0 Å². The fourth-order valence-electron chi connectivity index (χ4n) is 8.82. The number of fused-ring (bicyclic) bond motifs is 8. The molecule has 0 saturated heterocycles. The first-order valence-electron chi connectivity index (χ1n) is 19.3. The van der Waals surface area contributed by atoms with E-state index in [1.807, 2.05) is 0 Å². The van der Waals surface area contributed by atoms with E-state index in [0.717, 1.165) is 22.7 Å². The van der Waals surface area contributed by atoms with Crippen LogP contribution in [-0.4, -0.2) is 4.57 Å². The standard InChI is InChI=1S/C54H36N2/c1-3-15-37(16-4-1)44-20-11-13-25-51(44)55(43-33-34-53-50(36-43)47-23-12-14-26-52(47)56(53)41-18-5-2-6-19-41)42-31-29-39(30-32-42)49-35-40-28-27-38-17-7-8-21-45(38)54(40)48-24-10-9-22-46(48)49/h1-36H. The minimum Gasteiger partial charge on any atom is -0.310 e. The van der Waals surface area contributed by atoms with Gasteiger partial charge in [0.1, 0.15) is 0 Å². The Hall–Kier alpha value is -7.42. The Kier molecular flexibility index (Phi) is 7.53. The van der Waals surface area contributed by atoms with Gasteiger partial charge in [-0.3, -0.25) is 0 Å². The Morgan fingerprint density at radius 1 is 0.321 bits per heavy atom. The van der Waals surface area contributed by atoms with Crippen LogP contribution in [0, 0.1) is 0 Å². The van der Waals surface area contributed by atoms with E-state index in [4.69, 9.17) is 0 Å². The second-order valence-electron chi connectivity index (χ2n) is 14.5. The van der Waals surface area contributed by atoms with Crippen molar-refractivity contribution < 1.29 is 0 Å². The summed E-state index contributed by atoms with van der Waals surface area (Å²) in [5, 5.41) is 10.1. The van der Waals surface area contributed by atoms with E-state index >= 15 is 0 Å². The van der Waals surface area contributed by atoms with E-state index in [-0.39, 0.29) is 0 Å². The molecule has 0 aliphatic heterocycles. The molecule has 2 heteroatoms. The first kappa shape index (κ1) is 32.0. The molecule has 0 spiro atoms. The van der Waals surface area contributed by atoms with Crippen LogP contribution in [-0.2, 0) is 0 Å². The Morgan fingerprint density at radius 3 is 1.73 bits per heavy atom.